The summed E-state index contributed by atoms with van der Waals surface area (Å²) in [6, 6.07) is 7.17. The lowest BCUT2D eigenvalue weighted by Gasteiger charge is -2.09. The van der Waals surface area contributed by atoms with E-state index in [0.717, 1.165) is 5.56 Å². The molecule has 1 rings (SSSR count). The van der Waals surface area contributed by atoms with E-state index >= 15 is 0 Å². The zero-order chi connectivity index (χ0) is 9.68. The first-order chi connectivity index (χ1) is 6.27. The minimum absolute atomic E-state index is 0.167. The number of benzene rings is 1. The summed E-state index contributed by atoms with van der Waals surface area (Å²) in [6.07, 6.45) is 0.711. The van der Waals surface area contributed by atoms with Crippen molar-refractivity contribution < 1.29 is 5.11 Å². The molecule has 0 aliphatic rings. The number of hydrogen-bond acceptors (Lipinski definition) is 3. The van der Waals surface area contributed by atoms with Crippen LogP contribution < -0.4 is 0 Å². The smallest absolute Gasteiger partial charge is 0.108 e. The lowest BCUT2D eigenvalue weighted by atomic mass is 9.98. The minimum Gasteiger partial charge on any atom is -0.396 e. The van der Waals surface area contributed by atoms with E-state index in [-0.39, 0.29) is 12.5 Å². The molecule has 0 amide bonds. The normalized spacial score (nSPS) is 12.5. The van der Waals surface area contributed by atoms with Crippen LogP contribution >= 0.6 is 0 Å². The van der Waals surface area contributed by atoms with Crippen molar-refractivity contribution >= 4 is 5.69 Å². The Kier molecular flexibility index (Phi) is 3.58. The van der Waals surface area contributed by atoms with Crippen LogP contribution in [0.4, 0.5) is 5.69 Å². The van der Waals surface area contributed by atoms with Crippen LogP contribution in [0, 0.1) is 4.91 Å². The van der Waals surface area contributed by atoms with Crippen LogP contribution in [0.25, 0.3) is 0 Å². The zero-order valence-electron chi connectivity index (χ0n) is 7.60. The molecule has 0 spiro atoms. The highest BCUT2D eigenvalue weighted by atomic mass is 16.3. The number of nitroso groups, excluding NO2 is 1. The molecule has 0 radical (unpaired) electrons. The molecule has 0 saturated carbocycles. The van der Waals surface area contributed by atoms with Gasteiger partial charge in [0, 0.05) is 6.61 Å². The van der Waals surface area contributed by atoms with Crippen LogP contribution in [0.2, 0.25) is 0 Å². The fraction of sp³-hybridized carbons (Fsp3) is 0.400. The van der Waals surface area contributed by atoms with Gasteiger partial charge in [0.15, 0.2) is 0 Å². The molecule has 0 bridgehead atoms. The monoisotopic (exact) mass is 179 g/mol. The highest BCUT2D eigenvalue weighted by Gasteiger charge is 2.04. The van der Waals surface area contributed by atoms with E-state index in [2.05, 4.69) is 5.18 Å². The van der Waals surface area contributed by atoms with Gasteiger partial charge in [0.25, 0.3) is 0 Å². The van der Waals surface area contributed by atoms with E-state index in [0.29, 0.717) is 12.1 Å². The quantitative estimate of drug-likeness (QED) is 0.722. The zero-order valence-corrected chi connectivity index (χ0v) is 7.60. The van der Waals surface area contributed by atoms with E-state index < -0.39 is 0 Å². The average molecular weight is 179 g/mol. The fourth-order valence-electron chi connectivity index (χ4n) is 1.25. The first-order valence-electron chi connectivity index (χ1n) is 4.32. The summed E-state index contributed by atoms with van der Waals surface area (Å²) < 4.78 is 0. The third-order valence-electron chi connectivity index (χ3n) is 2.11. The van der Waals surface area contributed by atoms with Gasteiger partial charge in [-0.3, -0.25) is 0 Å². The maximum atomic E-state index is 10.2. The lowest BCUT2D eigenvalue weighted by Crippen LogP contribution is -1.95. The average Bonchev–Trinajstić information content (AvgIpc) is 2.18. The third kappa shape index (κ3) is 2.63. The summed E-state index contributed by atoms with van der Waals surface area (Å²) in [5.74, 6) is 0.270. The lowest BCUT2D eigenvalue weighted by molar-refractivity contribution is 0.278. The Balaban J connectivity index is 2.81. The van der Waals surface area contributed by atoms with E-state index in [9.17, 15) is 4.91 Å². The molecular formula is C10H13NO2. The Morgan fingerprint density at radius 2 is 2.31 bits per heavy atom. The van der Waals surface area contributed by atoms with Gasteiger partial charge >= 0.3 is 0 Å². The van der Waals surface area contributed by atoms with Crippen molar-refractivity contribution in [3.8, 4) is 0 Å². The number of aliphatic hydroxyl groups excluding tert-OH is 1. The predicted octanol–water partition coefficient (Wildman–Crippen LogP) is 2.57. The van der Waals surface area contributed by atoms with Crippen LogP contribution in [-0.4, -0.2) is 11.7 Å². The van der Waals surface area contributed by atoms with Crippen molar-refractivity contribution in [1.29, 1.82) is 0 Å². The second kappa shape index (κ2) is 4.72. The van der Waals surface area contributed by atoms with Crippen molar-refractivity contribution in [2.24, 2.45) is 5.18 Å². The van der Waals surface area contributed by atoms with Gasteiger partial charge < -0.3 is 5.11 Å². The van der Waals surface area contributed by atoms with Crippen LogP contribution in [0.1, 0.15) is 24.8 Å². The van der Waals surface area contributed by atoms with Gasteiger partial charge in [-0.25, -0.2) is 0 Å². The third-order valence-corrected chi connectivity index (χ3v) is 2.11. The maximum Gasteiger partial charge on any atom is 0.108 e. The van der Waals surface area contributed by atoms with E-state index in [1.165, 1.54) is 0 Å². The molecule has 13 heavy (non-hydrogen) atoms. The molecule has 1 unspecified atom stereocenters. The number of hydrogen-bond donors (Lipinski definition) is 1. The molecule has 1 aromatic carbocycles. The molecule has 0 aromatic heterocycles. The number of rotatable bonds is 4. The molecule has 1 atom stereocenters. The molecule has 3 heteroatoms. The van der Waals surface area contributed by atoms with Crippen LogP contribution in [0.5, 0.6) is 0 Å². The summed E-state index contributed by atoms with van der Waals surface area (Å²) in [4.78, 5) is 10.2. The molecule has 0 heterocycles. The van der Waals surface area contributed by atoms with E-state index in [4.69, 9.17) is 5.11 Å². The first kappa shape index (κ1) is 9.86. The molecule has 0 aliphatic heterocycles. The first-order valence-corrected chi connectivity index (χ1v) is 4.32. The van der Waals surface area contributed by atoms with Gasteiger partial charge in [-0.2, -0.15) is 0 Å². The molecule has 0 saturated heterocycles. The molecule has 1 N–H and O–H groups in total. The topological polar surface area (TPSA) is 49.7 Å². The second-order valence-corrected chi connectivity index (χ2v) is 3.10. The van der Waals surface area contributed by atoms with Crippen molar-refractivity contribution in [3.05, 3.63) is 34.7 Å². The summed E-state index contributed by atoms with van der Waals surface area (Å²) in [5.41, 5.74) is 1.49. The van der Waals surface area contributed by atoms with Crippen molar-refractivity contribution in [2.75, 3.05) is 6.61 Å². The summed E-state index contributed by atoms with van der Waals surface area (Å²) in [6.45, 7) is 2.18. The van der Waals surface area contributed by atoms with E-state index in [1.54, 1.807) is 18.2 Å². The SMILES string of the molecule is CC(CCO)c1cccc(N=O)c1. The number of nitrogens with zero attached hydrogens (tertiary/aromatic N) is 1. The molecule has 0 aliphatic carbocycles. The van der Waals surface area contributed by atoms with Crippen LogP contribution in [-0.2, 0) is 0 Å². The Morgan fingerprint density at radius 3 is 2.92 bits per heavy atom. The standard InChI is InChI=1S/C10H13NO2/c1-8(5-6-12)9-3-2-4-10(7-9)11-13/h2-4,7-8,12H,5-6H2,1H3. The van der Waals surface area contributed by atoms with Crippen LogP contribution in [0.15, 0.2) is 29.4 Å². The van der Waals surface area contributed by atoms with Gasteiger partial charge in [-0.1, -0.05) is 19.1 Å². The molecule has 70 valence electrons. The number of aliphatic hydroxyl groups is 1. The summed E-state index contributed by atoms with van der Waals surface area (Å²) in [7, 11) is 0. The highest BCUT2D eigenvalue weighted by Crippen LogP contribution is 2.22. The molecule has 3 nitrogen and oxygen atoms in total. The fourth-order valence-corrected chi connectivity index (χ4v) is 1.25. The minimum atomic E-state index is 0.167. The Labute approximate surface area is 77.4 Å². The Bertz CT molecular complexity index is 286. The van der Waals surface area contributed by atoms with Crippen molar-refractivity contribution in [3.63, 3.8) is 0 Å². The van der Waals surface area contributed by atoms with E-state index in [1.807, 2.05) is 13.0 Å². The van der Waals surface area contributed by atoms with Crippen molar-refractivity contribution in [2.45, 2.75) is 19.3 Å². The molecule has 0 fully saturated rings. The summed E-state index contributed by atoms with van der Waals surface area (Å²) in [5, 5.41) is 11.6. The second-order valence-electron chi connectivity index (χ2n) is 3.10. The van der Waals surface area contributed by atoms with Gasteiger partial charge in [-0.15, -0.1) is 4.91 Å². The predicted molar refractivity (Wildman–Crippen MR) is 52.0 cm³/mol. The Hall–Kier alpha value is -1.22. The van der Waals surface area contributed by atoms with Gasteiger partial charge in [0.05, 0.1) is 0 Å². The van der Waals surface area contributed by atoms with Crippen molar-refractivity contribution in [1.82, 2.24) is 0 Å². The maximum absolute atomic E-state index is 10.2. The van der Waals surface area contributed by atoms with Crippen LogP contribution in [0.3, 0.4) is 0 Å². The van der Waals surface area contributed by atoms with Gasteiger partial charge in [-0.05, 0) is 35.2 Å². The van der Waals surface area contributed by atoms with Gasteiger partial charge in [0.1, 0.15) is 5.69 Å². The molecular weight excluding hydrogens is 166 g/mol. The van der Waals surface area contributed by atoms with Gasteiger partial charge in [0.2, 0.25) is 0 Å². The Morgan fingerprint density at radius 1 is 1.54 bits per heavy atom. The largest absolute Gasteiger partial charge is 0.396 e. The molecule has 1 aromatic rings. The summed E-state index contributed by atoms with van der Waals surface area (Å²) >= 11 is 0. The highest BCUT2D eigenvalue weighted by molar-refractivity contribution is 5.40.